The molecule has 0 spiro atoms. The van der Waals surface area contributed by atoms with Crippen LogP contribution in [0.4, 0.5) is 0 Å². The number of piperazine rings is 1. The van der Waals surface area contributed by atoms with E-state index in [1.54, 1.807) is 16.4 Å². The van der Waals surface area contributed by atoms with Gasteiger partial charge in [-0.1, -0.05) is 19.1 Å². The van der Waals surface area contributed by atoms with Crippen molar-refractivity contribution in [2.75, 3.05) is 45.8 Å². The number of carbonyl (C=O) groups excluding carboxylic acids is 1. The van der Waals surface area contributed by atoms with Crippen molar-refractivity contribution in [3.63, 3.8) is 0 Å². The second kappa shape index (κ2) is 8.50. The Labute approximate surface area is 156 Å². The van der Waals surface area contributed by atoms with Crippen molar-refractivity contribution in [2.24, 2.45) is 0 Å². The van der Waals surface area contributed by atoms with E-state index in [2.05, 4.69) is 11.8 Å². The van der Waals surface area contributed by atoms with E-state index in [-0.39, 0.29) is 5.91 Å². The van der Waals surface area contributed by atoms with Crippen LogP contribution in [0.25, 0.3) is 0 Å². The van der Waals surface area contributed by atoms with Crippen LogP contribution in [0.2, 0.25) is 0 Å². The molecule has 6 nitrogen and oxygen atoms in total. The Balaban J connectivity index is 1.52. The van der Waals surface area contributed by atoms with Gasteiger partial charge in [0.1, 0.15) is 0 Å². The summed E-state index contributed by atoms with van der Waals surface area (Å²) in [6, 6.07) is 7.03. The smallest absolute Gasteiger partial charge is 0.243 e. The molecule has 0 N–H and O–H groups in total. The minimum Gasteiger partial charge on any atom is -0.340 e. The molecule has 3 rings (SSSR count). The molecule has 2 fully saturated rings. The lowest BCUT2D eigenvalue weighted by molar-refractivity contribution is -0.132. The third-order valence-corrected chi connectivity index (χ3v) is 7.34. The Bertz CT molecular complexity index is 704. The van der Waals surface area contributed by atoms with E-state index < -0.39 is 10.0 Å². The van der Waals surface area contributed by atoms with E-state index in [0.29, 0.717) is 30.8 Å². The van der Waals surface area contributed by atoms with Gasteiger partial charge in [-0.05, 0) is 43.5 Å². The average molecular weight is 380 g/mol. The first-order chi connectivity index (χ1) is 12.5. The molecule has 1 aromatic rings. The number of carbonyl (C=O) groups is 1. The molecule has 0 bridgehead atoms. The van der Waals surface area contributed by atoms with Gasteiger partial charge in [0.15, 0.2) is 0 Å². The topological polar surface area (TPSA) is 60.9 Å². The summed E-state index contributed by atoms with van der Waals surface area (Å²) in [5.74, 6) is 0.189. The van der Waals surface area contributed by atoms with Crippen LogP contribution in [-0.4, -0.2) is 74.2 Å². The monoisotopic (exact) mass is 379 g/mol. The van der Waals surface area contributed by atoms with Gasteiger partial charge in [-0.2, -0.15) is 4.31 Å². The second-order valence-electron chi connectivity index (χ2n) is 7.07. The molecule has 0 radical (unpaired) electrons. The molecule has 1 amide bonds. The molecule has 7 heteroatoms. The first-order valence-corrected chi connectivity index (χ1v) is 11.0. The number of hydrogen-bond acceptors (Lipinski definition) is 4. The summed E-state index contributed by atoms with van der Waals surface area (Å²) in [5.41, 5.74) is 1.01. The Kier molecular flexibility index (Phi) is 6.32. The zero-order valence-corrected chi connectivity index (χ0v) is 16.4. The Morgan fingerprint density at radius 3 is 2.15 bits per heavy atom. The third kappa shape index (κ3) is 4.45. The summed E-state index contributed by atoms with van der Waals surface area (Å²) in [6.07, 6.45) is 3.00. The van der Waals surface area contributed by atoms with Crippen LogP contribution in [0.3, 0.4) is 0 Å². The fraction of sp³-hybridized carbons (Fsp3) is 0.632. The molecule has 0 unspecified atom stereocenters. The predicted octanol–water partition coefficient (Wildman–Crippen LogP) is 1.57. The van der Waals surface area contributed by atoms with Crippen LogP contribution in [0, 0.1) is 0 Å². The quantitative estimate of drug-likeness (QED) is 0.753. The van der Waals surface area contributed by atoms with Gasteiger partial charge in [0.25, 0.3) is 0 Å². The largest absolute Gasteiger partial charge is 0.340 e. The summed E-state index contributed by atoms with van der Waals surface area (Å²) in [4.78, 5) is 17.0. The molecule has 0 aliphatic carbocycles. The fourth-order valence-electron chi connectivity index (χ4n) is 3.63. The molecule has 0 atom stereocenters. The lowest BCUT2D eigenvalue weighted by Gasteiger charge is -2.34. The van der Waals surface area contributed by atoms with E-state index >= 15 is 0 Å². The number of likely N-dealkylation sites (N-methyl/N-ethyl adjacent to an activating group) is 1. The van der Waals surface area contributed by atoms with Crippen LogP contribution in [0.1, 0.15) is 31.7 Å². The van der Waals surface area contributed by atoms with Crippen LogP contribution in [0.15, 0.2) is 29.2 Å². The molecular weight excluding hydrogens is 350 g/mol. The number of nitrogens with zero attached hydrogens (tertiary/aromatic N) is 3. The van der Waals surface area contributed by atoms with Gasteiger partial charge in [0.05, 0.1) is 4.90 Å². The molecule has 26 heavy (non-hydrogen) atoms. The van der Waals surface area contributed by atoms with Crippen molar-refractivity contribution in [3.8, 4) is 0 Å². The van der Waals surface area contributed by atoms with E-state index in [4.69, 9.17) is 0 Å². The fourth-order valence-corrected chi connectivity index (χ4v) is 5.15. The maximum absolute atomic E-state index is 12.5. The first-order valence-electron chi connectivity index (χ1n) is 9.60. The third-order valence-electron chi connectivity index (χ3n) is 5.43. The maximum atomic E-state index is 12.5. The lowest BCUT2D eigenvalue weighted by Crippen LogP contribution is -2.48. The van der Waals surface area contributed by atoms with Gasteiger partial charge in [0.2, 0.25) is 15.9 Å². The summed E-state index contributed by atoms with van der Waals surface area (Å²) in [5, 5.41) is 0. The summed E-state index contributed by atoms with van der Waals surface area (Å²) >= 11 is 0. The average Bonchev–Trinajstić information content (AvgIpc) is 3.22. The highest BCUT2D eigenvalue weighted by Crippen LogP contribution is 2.21. The SMILES string of the molecule is CCN1CCN(C(=O)CCc2ccc(S(=O)(=O)N3CCCC3)cc2)CC1. The first kappa shape index (κ1) is 19.3. The standard InChI is InChI=1S/C19H29N3O3S/c1-2-20-13-15-21(16-14-20)19(23)10-7-17-5-8-18(9-6-17)26(24,25)22-11-3-4-12-22/h5-6,8-9H,2-4,7,10-16H2,1H3. The molecule has 2 heterocycles. The maximum Gasteiger partial charge on any atom is 0.243 e. The Morgan fingerprint density at radius 1 is 0.962 bits per heavy atom. The number of benzene rings is 1. The van der Waals surface area contributed by atoms with E-state index in [9.17, 15) is 13.2 Å². The molecule has 2 aliphatic rings. The van der Waals surface area contributed by atoms with Gasteiger partial charge in [-0.15, -0.1) is 0 Å². The number of rotatable bonds is 6. The van der Waals surface area contributed by atoms with Crippen LogP contribution in [-0.2, 0) is 21.2 Å². The van der Waals surface area contributed by atoms with Crippen LogP contribution in [0.5, 0.6) is 0 Å². The van der Waals surface area contributed by atoms with E-state index in [0.717, 1.165) is 51.1 Å². The summed E-state index contributed by atoms with van der Waals surface area (Å²) in [7, 11) is -3.36. The Morgan fingerprint density at radius 2 is 1.58 bits per heavy atom. The zero-order valence-electron chi connectivity index (χ0n) is 15.6. The van der Waals surface area contributed by atoms with Crippen LogP contribution >= 0.6 is 0 Å². The minimum atomic E-state index is -3.36. The number of amides is 1. The number of hydrogen-bond donors (Lipinski definition) is 0. The highest BCUT2D eigenvalue weighted by molar-refractivity contribution is 7.89. The molecular formula is C19H29N3O3S. The molecule has 2 saturated heterocycles. The normalized spacial score (nSPS) is 19.8. The van der Waals surface area contributed by atoms with Gasteiger partial charge >= 0.3 is 0 Å². The molecule has 2 aliphatic heterocycles. The molecule has 1 aromatic carbocycles. The van der Waals surface area contributed by atoms with Gasteiger partial charge < -0.3 is 9.80 Å². The molecule has 144 valence electrons. The van der Waals surface area contributed by atoms with E-state index in [1.807, 2.05) is 17.0 Å². The van der Waals surface area contributed by atoms with Crippen molar-refractivity contribution in [2.45, 2.75) is 37.5 Å². The van der Waals surface area contributed by atoms with Crippen molar-refractivity contribution >= 4 is 15.9 Å². The minimum absolute atomic E-state index is 0.189. The lowest BCUT2D eigenvalue weighted by atomic mass is 10.1. The van der Waals surface area contributed by atoms with E-state index in [1.165, 1.54) is 0 Å². The van der Waals surface area contributed by atoms with Crippen molar-refractivity contribution in [3.05, 3.63) is 29.8 Å². The van der Waals surface area contributed by atoms with Crippen LogP contribution < -0.4 is 0 Å². The molecule has 0 saturated carbocycles. The summed E-state index contributed by atoms with van der Waals surface area (Å²) < 4.78 is 26.6. The zero-order chi connectivity index (χ0) is 18.6. The Hall–Kier alpha value is -1.44. The highest BCUT2D eigenvalue weighted by atomic mass is 32.2. The van der Waals surface area contributed by atoms with Crippen molar-refractivity contribution < 1.29 is 13.2 Å². The summed E-state index contributed by atoms with van der Waals surface area (Å²) in [6.45, 7) is 7.92. The van der Waals surface area contributed by atoms with Gasteiger partial charge in [0, 0.05) is 45.7 Å². The molecule has 0 aromatic heterocycles. The van der Waals surface area contributed by atoms with Gasteiger partial charge in [-0.25, -0.2) is 8.42 Å². The number of aryl methyl sites for hydroxylation is 1. The predicted molar refractivity (Wildman–Crippen MR) is 101 cm³/mol. The van der Waals surface area contributed by atoms with Crippen molar-refractivity contribution in [1.29, 1.82) is 0 Å². The second-order valence-corrected chi connectivity index (χ2v) is 9.01. The van der Waals surface area contributed by atoms with Gasteiger partial charge in [-0.3, -0.25) is 4.79 Å². The highest BCUT2D eigenvalue weighted by Gasteiger charge is 2.27. The number of sulfonamides is 1. The van der Waals surface area contributed by atoms with Crippen molar-refractivity contribution in [1.82, 2.24) is 14.1 Å².